The first kappa shape index (κ1) is 10.2. The number of aliphatic imine (C=N–C) groups is 1. The molecule has 0 bridgehead atoms. The SMILES string of the molecule is N=S1C=Nc2ccc(OC(F)(F)F)cc21. The molecule has 0 fully saturated rings. The Hall–Kier alpha value is -1.37. The normalized spacial score (nSPS) is 19.0. The highest BCUT2D eigenvalue weighted by Gasteiger charge is 2.31. The van der Waals surface area contributed by atoms with E-state index in [4.69, 9.17) is 4.78 Å². The van der Waals surface area contributed by atoms with Gasteiger partial charge in [0.15, 0.2) is 0 Å². The summed E-state index contributed by atoms with van der Waals surface area (Å²) < 4.78 is 46.9. The van der Waals surface area contributed by atoms with Crippen molar-refractivity contribution in [2.75, 3.05) is 0 Å². The van der Waals surface area contributed by atoms with Gasteiger partial charge in [0.05, 0.1) is 16.1 Å². The lowest BCUT2D eigenvalue weighted by atomic mass is 10.3. The van der Waals surface area contributed by atoms with E-state index in [0.29, 0.717) is 10.6 Å². The van der Waals surface area contributed by atoms with Crippen LogP contribution >= 0.6 is 0 Å². The summed E-state index contributed by atoms with van der Waals surface area (Å²) in [4.78, 5) is 4.34. The molecule has 1 unspecified atom stereocenters. The molecule has 7 heteroatoms. The number of fused-ring (bicyclic) bond motifs is 1. The molecule has 0 radical (unpaired) electrons. The zero-order valence-corrected chi connectivity index (χ0v) is 8.02. The van der Waals surface area contributed by atoms with Crippen LogP contribution in [-0.2, 0) is 10.7 Å². The molecule has 0 spiro atoms. The molecule has 0 amide bonds. The monoisotopic (exact) mass is 234 g/mol. The van der Waals surface area contributed by atoms with Crippen molar-refractivity contribution >= 4 is 21.9 Å². The lowest BCUT2D eigenvalue weighted by Gasteiger charge is -2.09. The number of alkyl halides is 3. The highest BCUT2D eigenvalue weighted by molar-refractivity contribution is 8.00. The van der Waals surface area contributed by atoms with Crippen molar-refractivity contribution < 1.29 is 17.9 Å². The van der Waals surface area contributed by atoms with Gasteiger partial charge >= 0.3 is 6.36 Å². The molecule has 0 aliphatic carbocycles. The Morgan fingerprint density at radius 1 is 1.33 bits per heavy atom. The third-order valence-electron chi connectivity index (χ3n) is 1.70. The second kappa shape index (κ2) is 3.34. The van der Waals surface area contributed by atoms with Crippen LogP contribution in [0.25, 0.3) is 0 Å². The average molecular weight is 234 g/mol. The maximum absolute atomic E-state index is 11.9. The Bertz CT molecular complexity index is 456. The Morgan fingerprint density at radius 3 is 2.73 bits per heavy atom. The first-order valence-corrected chi connectivity index (χ1v) is 5.13. The summed E-state index contributed by atoms with van der Waals surface area (Å²) in [5.41, 5.74) is 1.92. The van der Waals surface area contributed by atoms with Crippen LogP contribution in [-0.4, -0.2) is 11.9 Å². The molecule has 1 N–H and O–H groups in total. The predicted octanol–water partition coefficient (Wildman–Crippen LogP) is 3.00. The van der Waals surface area contributed by atoms with E-state index in [1.165, 1.54) is 23.7 Å². The fourth-order valence-electron chi connectivity index (χ4n) is 1.14. The van der Waals surface area contributed by atoms with Crippen LogP contribution in [0.15, 0.2) is 28.1 Å². The first-order chi connectivity index (χ1) is 6.96. The highest BCUT2D eigenvalue weighted by atomic mass is 32.2. The van der Waals surface area contributed by atoms with Gasteiger partial charge in [-0.25, -0.2) is 4.99 Å². The Balaban J connectivity index is 2.32. The summed E-state index contributed by atoms with van der Waals surface area (Å²) >= 11 is 0. The number of hydrogen-bond acceptors (Lipinski definition) is 3. The highest BCUT2D eigenvalue weighted by Crippen LogP contribution is 2.33. The number of halogens is 3. The lowest BCUT2D eigenvalue weighted by molar-refractivity contribution is -0.274. The molecule has 1 aromatic rings. The van der Waals surface area contributed by atoms with Gasteiger partial charge < -0.3 is 4.74 Å². The quantitative estimate of drug-likeness (QED) is 0.797. The van der Waals surface area contributed by atoms with Gasteiger partial charge in [-0.1, -0.05) is 0 Å². The van der Waals surface area contributed by atoms with Crippen LogP contribution in [0, 0.1) is 4.78 Å². The topological polar surface area (TPSA) is 45.4 Å². The minimum atomic E-state index is -4.70. The number of nitrogens with one attached hydrogen (secondary N) is 1. The van der Waals surface area contributed by atoms with Gasteiger partial charge in [0, 0.05) is 0 Å². The third-order valence-corrected chi connectivity index (χ3v) is 2.82. The number of nitrogens with zero attached hydrogens (tertiary/aromatic N) is 1. The van der Waals surface area contributed by atoms with Crippen molar-refractivity contribution in [3.8, 4) is 5.75 Å². The molecule has 0 aromatic heterocycles. The van der Waals surface area contributed by atoms with Crippen LogP contribution in [0.4, 0.5) is 18.9 Å². The minimum absolute atomic E-state index is 0.309. The summed E-state index contributed by atoms with van der Waals surface area (Å²) in [5.74, 6) is -0.309. The van der Waals surface area contributed by atoms with Crippen LogP contribution in [0.5, 0.6) is 5.75 Å². The number of ether oxygens (including phenoxy) is 1. The largest absolute Gasteiger partial charge is 0.573 e. The Labute approximate surface area is 85.5 Å². The Morgan fingerprint density at radius 2 is 2.07 bits per heavy atom. The van der Waals surface area contributed by atoms with Crippen LogP contribution in [0.2, 0.25) is 0 Å². The number of rotatable bonds is 1. The van der Waals surface area contributed by atoms with Gasteiger partial charge in [0.25, 0.3) is 0 Å². The van der Waals surface area contributed by atoms with Gasteiger partial charge in [0.2, 0.25) is 0 Å². The van der Waals surface area contributed by atoms with Crippen molar-refractivity contribution in [3.05, 3.63) is 18.2 Å². The van der Waals surface area contributed by atoms with E-state index >= 15 is 0 Å². The molecular weight excluding hydrogens is 229 g/mol. The third kappa shape index (κ3) is 2.17. The maximum atomic E-state index is 11.9. The molecule has 3 nitrogen and oxygen atoms in total. The van der Waals surface area contributed by atoms with Gasteiger partial charge in [-0.15, -0.1) is 13.2 Å². The molecule has 1 aliphatic rings. The molecule has 0 saturated carbocycles. The van der Waals surface area contributed by atoms with Crippen molar-refractivity contribution in [1.82, 2.24) is 0 Å². The van der Waals surface area contributed by atoms with Gasteiger partial charge in [0.1, 0.15) is 5.75 Å². The molecule has 15 heavy (non-hydrogen) atoms. The lowest BCUT2D eigenvalue weighted by Crippen LogP contribution is -2.17. The zero-order valence-electron chi connectivity index (χ0n) is 7.21. The summed E-state index contributed by atoms with van der Waals surface area (Å²) in [7, 11) is -0.975. The Kier molecular flexibility index (Phi) is 2.26. The van der Waals surface area contributed by atoms with E-state index in [2.05, 4.69) is 9.73 Å². The summed E-state index contributed by atoms with van der Waals surface area (Å²) in [6, 6.07) is 3.80. The first-order valence-electron chi connectivity index (χ1n) is 3.84. The second-order valence-electron chi connectivity index (χ2n) is 2.75. The molecule has 1 aliphatic heterocycles. The van der Waals surface area contributed by atoms with E-state index in [-0.39, 0.29) is 5.75 Å². The molecule has 1 heterocycles. The van der Waals surface area contributed by atoms with Crippen LogP contribution < -0.4 is 4.74 Å². The molecule has 1 atom stereocenters. The van der Waals surface area contributed by atoms with Crippen molar-refractivity contribution in [2.45, 2.75) is 11.3 Å². The number of hydrogen-bond donors (Lipinski definition) is 1. The van der Waals surface area contributed by atoms with E-state index in [0.717, 1.165) is 0 Å². The van der Waals surface area contributed by atoms with Gasteiger partial charge in [-0.2, -0.15) is 0 Å². The van der Waals surface area contributed by atoms with Gasteiger partial charge in [-0.3, -0.25) is 4.78 Å². The smallest absolute Gasteiger partial charge is 0.406 e. The van der Waals surface area contributed by atoms with Crippen molar-refractivity contribution in [3.63, 3.8) is 0 Å². The average Bonchev–Trinajstić information content (AvgIpc) is 2.45. The number of benzene rings is 1. The molecular formula is C8H5F3N2OS. The summed E-state index contributed by atoms with van der Waals surface area (Å²) in [6.45, 7) is 0. The standard InChI is InChI=1S/C8H5F3N2OS/c9-8(10,11)14-5-1-2-6-7(3-5)15(12)4-13-6/h1-4,12H. The minimum Gasteiger partial charge on any atom is -0.406 e. The van der Waals surface area contributed by atoms with Crippen molar-refractivity contribution in [1.29, 1.82) is 4.78 Å². The van der Waals surface area contributed by atoms with Gasteiger partial charge in [-0.05, 0) is 28.9 Å². The fraction of sp³-hybridized carbons (Fsp3) is 0.125. The molecule has 80 valence electrons. The molecule has 1 aromatic carbocycles. The van der Waals surface area contributed by atoms with Crippen LogP contribution in [0.3, 0.4) is 0 Å². The summed E-state index contributed by atoms with van der Waals surface area (Å²) in [6.07, 6.45) is -4.70. The van der Waals surface area contributed by atoms with Crippen molar-refractivity contribution in [2.24, 2.45) is 4.99 Å². The molecule has 0 saturated heterocycles. The molecule has 2 rings (SSSR count). The summed E-state index contributed by atoms with van der Waals surface area (Å²) in [5, 5.41) is 0. The van der Waals surface area contributed by atoms with E-state index in [1.807, 2.05) is 0 Å². The predicted molar refractivity (Wildman–Crippen MR) is 49.6 cm³/mol. The van der Waals surface area contributed by atoms with E-state index in [1.54, 1.807) is 0 Å². The van der Waals surface area contributed by atoms with E-state index in [9.17, 15) is 13.2 Å². The maximum Gasteiger partial charge on any atom is 0.573 e. The van der Waals surface area contributed by atoms with Crippen LogP contribution in [0.1, 0.15) is 0 Å². The zero-order chi connectivity index (χ0) is 11.1. The van der Waals surface area contributed by atoms with E-state index < -0.39 is 17.1 Å². The second-order valence-corrected chi connectivity index (χ2v) is 4.08. The fourth-order valence-corrected chi connectivity index (χ4v) is 2.06.